The maximum Gasteiger partial charge on any atom is 0.241 e. The Morgan fingerprint density at radius 2 is 2.00 bits per heavy atom. The molecule has 0 aliphatic heterocycles. The Morgan fingerprint density at radius 1 is 1.41 bits per heavy atom. The van der Waals surface area contributed by atoms with Gasteiger partial charge in [0, 0.05) is 13.1 Å². The van der Waals surface area contributed by atoms with E-state index in [-0.39, 0.29) is 12.5 Å². The molecule has 5 heteroatoms. The first-order valence-electron chi connectivity index (χ1n) is 5.53. The Bertz CT molecular complexity index is 412. The Morgan fingerprint density at radius 3 is 2.53 bits per heavy atom. The number of nitrogens with one attached hydrogen (secondary N) is 1. The number of hydrogen-bond acceptors (Lipinski definition) is 2. The van der Waals surface area contributed by atoms with Crippen LogP contribution in [0.3, 0.4) is 0 Å². The van der Waals surface area contributed by atoms with Crippen molar-refractivity contribution in [2.75, 3.05) is 18.9 Å². The van der Waals surface area contributed by atoms with Crippen molar-refractivity contribution in [3.63, 3.8) is 0 Å². The second-order valence-corrected chi connectivity index (χ2v) is 5.00. The zero-order chi connectivity index (χ0) is 12.4. The summed E-state index contributed by atoms with van der Waals surface area (Å²) >= 11 is 12.0. The standard InChI is InChI=1S/C12H14Cl2N2O/c1-16(8-5-6-8)11(17)7-15-12-9(13)3-2-4-10(12)14/h2-4,8,15H,5-7H2,1H3. The predicted octanol–water partition coefficient (Wildman–Crippen LogP) is 3.03. The third kappa shape index (κ3) is 3.05. The lowest BCUT2D eigenvalue weighted by molar-refractivity contribution is -0.128. The zero-order valence-corrected chi connectivity index (χ0v) is 11.1. The molecule has 1 fully saturated rings. The number of halogens is 2. The van der Waals surface area contributed by atoms with Crippen LogP contribution in [0.15, 0.2) is 18.2 Å². The zero-order valence-electron chi connectivity index (χ0n) is 9.54. The van der Waals surface area contributed by atoms with Gasteiger partial charge >= 0.3 is 0 Å². The van der Waals surface area contributed by atoms with E-state index in [1.54, 1.807) is 23.1 Å². The molecule has 1 N–H and O–H groups in total. The van der Waals surface area contributed by atoms with Gasteiger partial charge in [0.1, 0.15) is 0 Å². The van der Waals surface area contributed by atoms with E-state index in [2.05, 4.69) is 5.32 Å². The van der Waals surface area contributed by atoms with Crippen molar-refractivity contribution < 1.29 is 4.79 Å². The van der Waals surface area contributed by atoms with Crippen LogP contribution in [0.1, 0.15) is 12.8 Å². The molecule has 0 spiro atoms. The van der Waals surface area contributed by atoms with Crippen LogP contribution in [0.5, 0.6) is 0 Å². The van der Waals surface area contributed by atoms with Crippen molar-refractivity contribution in [1.82, 2.24) is 4.90 Å². The molecule has 1 amide bonds. The highest BCUT2D eigenvalue weighted by molar-refractivity contribution is 6.39. The van der Waals surface area contributed by atoms with Gasteiger partial charge in [-0.2, -0.15) is 0 Å². The average Bonchev–Trinajstić information content (AvgIpc) is 3.11. The topological polar surface area (TPSA) is 32.3 Å². The van der Waals surface area contributed by atoms with E-state index in [1.807, 2.05) is 7.05 Å². The number of carbonyl (C=O) groups excluding carboxylic acids is 1. The van der Waals surface area contributed by atoms with E-state index in [4.69, 9.17) is 23.2 Å². The minimum Gasteiger partial charge on any atom is -0.374 e. The highest BCUT2D eigenvalue weighted by Crippen LogP contribution is 2.30. The maximum absolute atomic E-state index is 11.8. The number of amides is 1. The minimum atomic E-state index is 0.0588. The van der Waals surface area contributed by atoms with Gasteiger partial charge in [-0.3, -0.25) is 4.79 Å². The maximum atomic E-state index is 11.8. The van der Waals surface area contributed by atoms with Crippen molar-refractivity contribution >= 4 is 34.8 Å². The van der Waals surface area contributed by atoms with Gasteiger partial charge in [0.25, 0.3) is 0 Å². The second kappa shape index (κ2) is 5.15. The summed E-state index contributed by atoms with van der Waals surface area (Å²) in [7, 11) is 1.83. The van der Waals surface area contributed by atoms with Crippen LogP contribution in [0.4, 0.5) is 5.69 Å². The van der Waals surface area contributed by atoms with Crippen molar-refractivity contribution in [2.45, 2.75) is 18.9 Å². The van der Waals surface area contributed by atoms with Crippen LogP contribution in [0.25, 0.3) is 0 Å². The summed E-state index contributed by atoms with van der Waals surface area (Å²) in [4.78, 5) is 13.6. The summed E-state index contributed by atoms with van der Waals surface area (Å²) in [6, 6.07) is 5.68. The van der Waals surface area contributed by atoms with Gasteiger partial charge < -0.3 is 10.2 Å². The Balaban J connectivity index is 1.95. The van der Waals surface area contributed by atoms with Crippen LogP contribution >= 0.6 is 23.2 Å². The molecule has 0 bridgehead atoms. The highest BCUT2D eigenvalue weighted by Gasteiger charge is 2.29. The van der Waals surface area contributed by atoms with Gasteiger partial charge in [-0.05, 0) is 25.0 Å². The van der Waals surface area contributed by atoms with Crippen molar-refractivity contribution in [3.8, 4) is 0 Å². The van der Waals surface area contributed by atoms with E-state index < -0.39 is 0 Å². The molecule has 0 heterocycles. The molecule has 0 atom stereocenters. The minimum absolute atomic E-state index is 0.0588. The van der Waals surface area contributed by atoms with Crippen LogP contribution in [0.2, 0.25) is 10.0 Å². The molecule has 3 nitrogen and oxygen atoms in total. The fourth-order valence-electron chi connectivity index (χ4n) is 1.62. The first-order valence-corrected chi connectivity index (χ1v) is 6.28. The summed E-state index contributed by atoms with van der Waals surface area (Å²) in [5, 5.41) is 4.04. The number of hydrogen-bond donors (Lipinski definition) is 1. The molecule has 0 aromatic heterocycles. The van der Waals surface area contributed by atoms with Crippen molar-refractivity contribution in [2.24, 2.45) is 0 Å². The van der Waals surface area contributed by atoms with E-state index in [9.17, 15) is 4.79 Å². The monoisotopic (exact) mass is 272 g/mol. The molecule has 1 aliphatic carbocycles. The smallest absolute Gasteiger partial charge is 0.241 e. The lowest BCUT2D eigenvalue weighted by Crippen LogP contribution is -2.33. The van der Waals surface area contributed by atoms with E-state index in [0.717, 1.165) is 12.8 Å². The number of carbonyl (C=O) groups is 1. The summed E-state index contributed by atoms with van der Waals surface area (Å²) < 4.78 is 0. The molecule has 0 saturated heterocycles. The number of anilines is 1. The number of para-hydroxylation sites is 1. The molecule has 1 aliphatic rings. The molecule has 1 aromatic carbocycles. The average molecular weight is 273 g/mol. The van der Waals surface area contributed by atoms with Crippen LogP contribution in [-0.4, -0.2) is 30.4 Å². The van der Waals surface area contributed by atoms with Crippen LogP contribution in [0, 0.1) is 0 Å². The fourth-order valence-corrected chi connectivity index (χ4v) is 2.15. The van der Waals surface area contributed by atoms with Gasteiger partial charge in [0.2, 0.25) is 5.91 Å². The third-order valence-electron chi connectivity index (χ3n) is 2.87. The van der Waals surface area contributed by atoms with Gasteiger partial charge in [0.15, 0.2) is 0 Å². The lowest BCUT2D eigenvalue weighted by atomic mass is 10.3. The summed E-state index contributed by atoms with van der Waals surface area (Å²) in [5.74, 6) is 0.0588. The van der Waals surface area contributed by atoms with Crippen molar-refractivity contribution in [3.05, 3.63) is 28.2 Å². The summed E-state index contributed by atoms with van der Waals surface area (Å²) in [6.07, 6.45) is 2.21. The molecule has 92 valence electrons. The Labute approximate surface area is 111 Å². The van der Waals surface area contributed by atoms with Crippen molar-refractivity contribution in [1.29, 1.82) is 0 Å². The van der Waals surface area contributed by atoms with E-state index in [0.29, 0.717) is 21.8 Å². The fraction of sp³-hybridized carbons (Fsp3) is 0.417. The third-order valence-corrected chi connectivity index (χ3v) is 3.50. The lowest BCUT2D eigenvalue weighted by Gasteiger charge is -2.17. The largest absolute Gasteiger partial charge is 0.374 e. The number of benzene rings is 1. The molecular weight excluding hydrogens is 259 g/mol. The SMILES string of the molecule is CN(C(=O)CNc1c(Cl)cccc1Cl)C1CC1. The molecule has 0 unspecified atom stereocenters. The van der Waals surface area contributed by atoms with E-state index >= 15 is 0 Å². The first-order chi connectivity index (χ1) is 8.09. The summed E-state index contributed by atoms with van der Waals surface area (Å²) in [6.45, 7) is 0.219. The molecule has 1 saturated carbocycles. The predicted molar refractivity (Wildman–Crippen MR) is 70.7 cm³/mol. The number of likely N-dealkylation sites (N-methyl/N-ethyl adjacent to an activating group) is 1. The van der Waals surface area contributed by atoms with Crippen LogP contribution < -0.4 is 5.32 Å². The normalized spacial score (nSPS) is 14.5. The molecule has 1 aromatic rings. The first kappa shape index (κ1) is 12.5. The molecule has 2 rings (SSSR count). The molecule has 17 heavy (non-hydrogen) atoms. The van der Waals surface area contributed by atoms with Gasteiger partial charge in [-0.25, -0.2) is 0 Å². The quantitative estimate of drug-likeness (QED) is 0.914. The number of rotatable bonds is 4. The highest BCUT2D eigenvalue weighted by atomic mass is 35.5. The summed E-state index contributed by atoms with van der Waals surface area (Å²) in [5.41, 5.74) is 0.619. The van der Waals surface area contributed by atoms with Gasteiger partial charge in [-0.15, -0.1) is 0 Å². The molecule has 0 radical (unpaired) electrons. The van der Waals surface area contributed by atoms with Gasteiger partial charge in [-0.1, -0.05) is 29.3 Å². The van der Waals surface area contributed by atoms with Crippen LogP contribution in [-0.2, 0) is 4.79 Å². The Hall–Kier alpha value is -0.930. The van der Waals surface area contributed by atoms with Gasteiger partial charge in [0.05, 0.1) is 22.3 Å². The second-order valence-electron chi connectivity index (χ2n) is 4.19. The van der Waals surface area contributed by atoms with E-state index in [1.165, 1.54) is 0 Å². The molecular formula is C12H14Cl2N2O. The number of nitrogens with zero attached hydrogens (tertiary/aromatic N) is 1. The Kier molecular flexibility index (Phi) is 3.79.